The van der Waals surface area contributed by atoms with E-state index < -0.39 is 0 Å². The van der Waals surface area contributed by atoms with Crippen molar-refractivity contribution in [2.24, 2.45) is 0 Å². The summed E-state index contributed by atoms with van der Waals surface area (Å²) in [5.74, 6) is 0.927. The summed E-state index contributed by atoms with van der Waals surface area (Å²) >= 11 is 2.16. The maximum absolute atomic E-state index is 5.51. The Labute approximate surface area is 132 Å². The van der Waals surface area contributed by atoms with Crippen molar-refractivity contribution in [1.82, 2.24) is 0 Å². The van der Waals surface area contributed by atoms with Crippen molar-refractivity contribution in [3.63, 3.8) is 0 Å². The van der Waals surface area contributed by atoms with Crippen molar-refractivity contribution >= 4 is 28.3 Å². The standard InChI is InChI=1S/C15H18INO3/c1-18-7-8-19-11-12-3-2-4-13(9-12)17-10-14-5-6-15(16)20-14/h2-6,9,17H,7-8,10-11H2,1H3. The molecule has 2 rings (SSSR count). The Kier molecular flexibility index (Phi) is 6.35. The number of hydrogen-bond donors (Lipinski definition) is 1. The molecule has 108 valence electrons. The largest absolute Gasteiger partial charge is 0.454 e. The number of furan rings is 1. The van der Waals surface area contributed by atoms with E-state index in [1.165, 1.54) is 0 Å². The molecule has 0 aliphatic rings. The lowest BCUT2D eigenvalue weighted by Gasteiger charge is -2.08. The molecular formula is C15H18INO3. The van der Waals surface area contributed by atoms with Crippen LogP contribution < -0.4 is 5.32 Å². The fraction of sp³-hybridized carbons (Fsp3) is 0.333. The first-order valence-electron chi connectivity index (χ1n) is 6.41. The van der Waals surface area contributed by atoms with Crippen LogP contribution in [0.4, 0.5) is 5.69 Å². The summed E-state index contributed by atoms with van der Waals surface area (Å²) in [5.41, 5.74) is 2.20. The number of benzene rings is 1. The second-order valence-electron chi connectivity index (χ2n) is 4.31. The molecule has 2 aromatic rings. The topological polar surface area (TPSA) is 43.6 Å². The molecule has 0 aliphatic carbocycles. The van der Waals surface area contributed by atoms with Crippen LogP contribution in [0.1, 0.15) is 11.3 Å². The Balaban J connectivity index is 1.82. The molecule has 1 aromatic carbocycles. The van der Waals surface area contributed by atoms with Gasteiger partial charge in [0, 0.05) is 12.8 Å². The van der Waals surface area contributed by atoms with Crippen molar-refractivity contribution in [2.45, 2.75) is 13.2 Å². The minimum absolute atomic E-state index is 0.595. The van der Waals surface area contributed by atoms with Gasteiger partial charge in [0.1, 0.15) is 5.76 Å². The van der Waals surface area contributed by atoms with Gasteiger partial charge >= 0.3 is 0 Å². The Morgan fingerprint density at radius 2 is 2.10 bits per heavy atom. The van der Waals surface area contributed by atoms with Gasteiger partial charge in [0.15, 0.2) is 3.77 Å². The Morgan fingerprint density at radius 3 is 2.85 bits per heavy atom. The van der Waals surface area contributed by atoms with E-state index in [2.05, 4.69) is 34.0 Å². The molecule has 1 aromatic heterocycles. The van der Waals surface area contributed by atoms with Crippen molar-refractivity contribution in [3.05, 3.63) is 51.5 Å². The first kappa shape index (κ1) is 15.3. The number of anilines is 1. The summed E-state index contributed by atoms with van der Waals surface area (Å²) in [7, 11) is 1.67. The monoisotopic (exact) mass is 387 g/mol. The third kappa shape index (κ3) is 5.15. The Morgan fingerprint density at radius 1 is 1.20 bits per heavy atom. The van der Waals surface area contributed by atoms with Gasteiger partial charge in [-0.2, -0.15) is 0 Å². The van der Waals surface area contributed by atoms with Crippen molar-refractivity contribution in [3.8, 4) is 0 Å². The highest BCUT2D eigenvalue weighted by atomic mass is 127. The van der Waals surface area contributed by atoms with Crippen LogP contribution >= 0.6 is 22.6 Å². The molecule has 4 nitrogen and oxygen atoms in total. The van der Waals surface area contributed by atoms with Gasteiger partial charge in [0.25, 0.3) is 0 Å². The van der Waals surface area contributed by atoms with E-state index in [1.807, 2.05) is 30.3 Å². The quantitative estimate of drug-likeness (QED) is 0.555. The molecule has 0 radical (unpaired) electrons. The van der Waals surface area contributed by atoms with Crippen LogP contribution in [-0.4, -0.2) is 20.3 Å². The normalized spacial score (nSPS) is 10.7. The maximum atomic E-state index is 5.51. The molecule has 1 heterocycles. The van der Waals surface area contributed by atoms with E-state index in [0.717, 1.165) is 20.8 Å². The van der Waals surface area contributed by atoms with E-state index >= 15 is 0 Å². The van der Waals surface area contributed by atoms with E-state index in [-0.39, 0.29) is 0 Å². The molecule has 0 aliphatic heterocycles. The number of methoxy groups -OCH3 is 1. The highest BCUT2D eigenvalue weighted by molar-refractivity contribution is 14.1. The molecule has 0 saturated heterocycles. The van der Waals surface area contributed by atoms with E-state index in [9.17, 15) is 0 Å². The smallest absolute Gasteiger partial charge is 0.164 e. The fourth-order valence-electron chi connectivity index (χ4n) is 1.74. The molecule has 0 atom stereocenters. The third-order valence-corrected chi connectivity index (χ3v) is 3.30. The molecule has 0 amide bonds. The molecule has 20 heavy (non-hydrogen) atoms. The van der Waals surface area contributed by atoms with E-state index in [1.54, 1.807) is 7.11 Å². The van der Waals surface area contributed by atoms with Gasteiger partial charge in [-0.1, -0.05) is 12.1 Å². The van der Waals surface area contributed by atoms with Gasteiger partial charge in [0.2, 0.25) is 0 Å². The van der Waals surface area contributed by atoms with E-state index in [0.29, 0.717) is 26.4 Å². The molecule has 0 bridgehead atoms. The average Bonchev–Trinajstić information content (AvgIpc) is 2.88. The third-order valence-electron chi connectivity index (χ3n) is 2.72. The van der Waals surface area contributed by atoms with Crippen LogP contribution in [0.2, 0.25) is 0 Å². The molecule has 0 unspecified atom stereocenters. The lowest BCUT2D eigenvalue weighted by atomic mass is 10.2. The van der Waals surface area contributed by atoms with Gasteiger partial charge in [-0.25, -0.2) is 0 Å². The second kappa shape index (κ2) is 8.28. The molecule has 0 spiro atoms. The van der Waals surface area contributed by atoms with Crippen LogP contribution in [0, 0.1) is 3.77 Å². The summed E-state index contributed by atoms with van der Waals surface area (Å²) in [6.45, 7) is 2.50. The lowest BCUT2D eigenvalue weighted by molar-refractivity contribution is 0.0617. The number of hydrogen-bond acceptors (Lipinski definition) is 4. The summed E-state index contributed by atoms with van der Waals surface area (Å²) < 4.78 is 16.9. The van der Waals surface area contributed by atoms with Crippen LogP contribution in [-0.2, 0) is 22.6 Å². The highest BCUT2D eigenvalue weighted by Crippen LogP contribution is 2.15. The van der Waals surface area contributed by atoms with Gasteiger partial charge in [-0.15, -0.1) is 0 Å². The first-order valence-corrected chi connectivity index (χ1v) is 7.49. The molecule has 1 N–H and O–H groups in total. The lowest BCUT2D eigenvalue weighted by Crippen LogP contribution is -2.02. The summed E-state index contributed by atoms with van der Waals surface area (Å²) in [4.78, 5) is 0. The van der Waals surface area contributed by atoms with Crippen molar-refractivity contribution in [1.29, 1.82) is 0 Å². The zero-order chi connectivity index (χ0) is 14.2. The average molecular weight is 387 g/mol. The van der Waals surface area contributed by atoms with Gasteiger partial charge in [0.05, 0.1) is 26.4 Å². The zero-order valence-electron chi connectivity index (χ0n) is 11.4. The predicted molar refractivity (Wildman–Crippen MR) is 86.7 cm³/mol. The van der Waals surface area contributed by atoms with Crippen LogP contribution in [0.15, 0.2) is 40.8 Å². The molecule has 0 saturated carbocycles. The number of halogens is 1. The number of ether oxygens (including phenoxy) is 2. The Bertz CT molecular complexity index is 527. The minimum Gasteiger partial charge on any atom is -0.454 e. The van der Waals surface area contributed by atoms with Crippen molar-refractivity contribution in [2.75, 3.05) is 25.6 Å². The zero-order valence-corrected chi connectivity index (χ0v) is 13.6. The van der Waals surface area contributed by atoms with Crippen LogP contribution in [0.5, 0.6) is 0 Å². The summed E-state index contributed by atoms with van der Waals surface area (Å²) in [6, 6.07) is 12.1. The predicted octanol–water partition coefficient (Wildman–Crippen LogP) is 3.66. The SMILES string of the molecule is COCCOCc1cccc(NCc2ccc(I)o2)c1. The second-order valence-corrected chi connectivity index (χ2v) is 5.37. The van der Waals surface area contributed by atoms with E-state index in [4.69, 9.17) is 13.9 Å². The summed E-state index contributed by atoms with van der Waals surface area (Å²) in [6.07, 6.45) is 0. The van der Waals surface area contributed by atoms with Crippen LogP contribution in [0.25, 0.3) is 0 Å². The van der Waals surface area contributed by atoms with Gasteiger partial charge in [-0.3, -0.25) is 0 Å². The minimum atomic E-state index is 0.595. The summed E-state index contributed by atoms with van der Waals surface area (Å²) in [5, 5.41) is 3.34. The maximum Gasteiger partial charge on any atom is 0.164 e. The van der Waals surface area contributed by atoms with Gasteiger partial charge in [-0.05, 0) is 52.4 Å². The molecule has 0 fully saturated rings. The molecule has 5 heteroatoms. The highest BCUT2D eigenvalue weighted by Gasteiger charge is 2.00. The first-order chi connectivity index (χ1) is 9.78. The fourth-order valence-corrected chi connectivity index (χ4v) is 2.20. The Hall–Kier alpha value is -1.05. The molecular weight excluding hydrogens is 369 g/mol. The van der Waals surface area contributed by atoms with Crippen LogP contribution in [0.3, 0.4) is 0 Å². The number of nitrogens with one attached hydrogen (secondary N) is 1. The van der Waals surface area contributed by atoms with Gasteiger partial charge < -0.3 is 19.2 Å². The van der Waals surface area contributed by atoms with Crippen molar-refractivity contribution < 1.29 is 13.9 Å². The number of rotatable bonds is 8.